The summed E-state index contributed by atoms with van der Waals surface area (Å²) >= 11 is 0. The maximum absolute atomic E-state index is 9.10. The van der Waals surface area contributed by atoms with E-state index in [1.54, 1.807) is 7.11 Å². The highest BCUT2D eigenvalue weighted by Crippen LogP contribution is 2.24. The summed E-state index contributed by atoms with van der Waals surface area (Å²) in [6.07, 6.45) is 5.14. The van der Waals surface area contributed by atoms with E-state index in [2.05, 4.69) is 17.5 Å². The number of aliphatic hydroxyl groups is 1. The first kappa shape index (κ1) is 13.2. The molecule has 1 heterocycles. The molecule has 0 saturated carbocycles. The summed E-state index contributed by atoms with van der Waals surface area (Å²) in [5, 5.41) is 13.6. The molecule has 0 amide bonds. The van der Waals surface area contributed by atoms with Crippen molar-refractivity contribution in [3.63, 3.8) is 0 Å². The molecule has 4 heteroatoms. The second-order valence-electron chi connectivity index (χ2n) is 5.17. The summed E-state index contributed by atoms with van der Waals surface area (Å²) in [4.78, 5) is 0. The van der Waals surface area contributed by atoms with Crippen LogP contribution in [0.1, 0.15) is 12.2 Å². The van der Waals surface area contributed by atoms with Crippen LogP contribution in [0.3, 0.4) is 0 Å². The molecule has 3 rings (SSSR count). The molecular formula is C16H19NO3. The number of benzene rings is 1. The Morgan fingerprint density at radius 3 is 3.00 bits per heavy atom. The van der Waals surface area contributed by atoms with Crippen LogP contribution in [0.15, 0.2) is 40.8 Å². The van der Waals surface area contributed by atoms with Crippen LogP contribution in [-0.4, -0.2) is 24.9 Å². The molecule has 1 aliphatic carbocycles. The fourth-order valence-electron chi connectivity index (χ4n) is 2.58. The summed E-state index contributed by atoms with van der Waals surface area (Å²) < 4.78 is 11.0. The number of aliphatic hydroxyl groups excluding tert-OH is 1. The maximum atomic E-state index is 9.10. The average Bonchev–Trinajstić information content (AvgIpc) is 3.10. The number of rotatable bonds is 5. The molecule has 0 radical (unpaired) electrons. The minimum Gasteiger partial charge on any atom is -0.497 e. The first-order chi connectivity index (χ1) is 9.78. The van der Waals surface area contributed by atoms with Gasteiger partial charge >= 0.3 is 0 Å². The van der Waals surface area contributed by atoms with E-state index in [-0.39, 0.29) is 12.5 Å². The van der Waals surface area contributed by atoms with Crippen molar-refractivity contribution in [2.75, 3.05) is 13.7 Å². The Hall–Kier alpha value is -1.78. The predicted octanol–water partition coefficient (Wildman–Crippen LogP) is 2.47. The first-order valence-electron chi connectivity index (χ1n) is 6.87. The third kappa shape index (κ3) is 2.71. The van der Waals surface area contributed by atoms with Crippen molar-refractivity contribution < 1.29 is 14.3 Å². The number of furan rings is 1. The van der Waals surface area contributed by atoms with Crippen LogP contribution in [-0.2, 0) is 6.54 Å². The standard InChI is InChI=1S/C16H19NO3/c1-19-14-4-5-16-12(7-14)8-15(20-16)9-17-13-3-2-11(6-13)10-18/h2-5,7-8,11,13,17-18H,6,9-10H2,1H3/t11-,13+/m0/s1. The molecule has 0 aliphatic heterocycles. The Morgan fingerprint density at radius 1 is 1.35 bits per heavy atom. The highest BCUT2D eigenvalue weighted by molar-refractivity contribution is 5.79. The van der Waals surface area contributed by atoms with Crippen LogP contribution in [0.4, 0.5) is 0 Å². The number of nitrogens with one attached hydrogen (secondary N) is 1. The van der Waals surface area contributed by atoms with Gasteiger partial charge in [0.15, 0.2) is 0 Å². The topological polar surface area (TPSA) is 54.6 Å². The quantitative estimate of drug-likeness (QED) is 0.822. The van der Waals surface area contributed by atoms with E-state index in [1.165, 1.54) is 0 Å². The Balaban J connectivity index is 1.65. The molecule has 1 aromatic carbocycles. The second kappa shape index (κ2) is 5.69. The zero-order valence-corrected chi connectivity index (χ0v) is 11.5. The summed E-state index contributed by atoms with van der Waals surface area (Å²) in [6, 6.07) is 8.14. The van der Waals surface area contributed by atoms with Gasteiger partial charge in [0, 0.05) is 24.0 Å². The Labute approximate surface area is 118 Å². The lowest BCUT2D eigenvalue weighted by Gasteiger charge is -2.11. The minimum atomic E-state index is 0.221. The highest BCUT2D eigenvalue weighted by Gasteiger charge is 2.17. The number of methoxy groups -OCH3 is 1. The van der Waals surface area contributed by atoms with E-state index in [1.807, 2.05) is 24.3 Å². The van der Waals surface area contributed by atoms with Crippen molar-refractivity contribution in [2.24, 2.45) is 5.92 Å². The van der Waals surface area contributed by atoms with Crippen LogP contribution in [0.25, 0.3) is 11.0 Å². The minimum absolute atomic E-state index is 0.221. The van der Waals surface area contributed by atoms with Gasteiger partial charge in [0.25, 0.3) is 0 Å². The summed E-state index contributed by atoms with van der Waals surface area (Å²) in [5.74, 6) is 2.03. The lowest BCUT2D eigenvalue weighted by Crippen LogP contribution is -2.25. The Morgan fingerprint density at radius 2 is 2.25 bits per heavy atom. The third-order valence-corrected chi connectivity index (χ3v) is 3.72. The fraction of sp³-hybridized carbons (Fsp3) is 0.375. The first-order valence-corrected chi connectivity index (χ1v) is 6.87. The predicted molar refractivity (Wildman–Crippen MR) is 77.7 cm³/mol. The van der Waals surface area contributed by atoms with E-state index in [0.717, 1.165) is 28.9 Å². The van der Waals surface area contributed by atoms with Crippen molar-refractivity contribution in [1.29, 1.82) is 0 Å². The van der Waals surface area contributed by atoms with Gasteiger partial charge < -0.3 is 19.6 Å². The lowest BCUT2D eigenvalue weighted by atomic mass is 10.1. The van der Waals surface area contributed by atoms with Crippen molar-refractivity contribution in [3.05, 3.63) is 42.2 Å². The molecule has 20 heavy (non-hydrogen) atoms. The number of ether oxygens (including phenoxy) is 1. The zero-order chi connectivity index (χ0) is 13.9. The molecule has 0 unspecified atom stereocenters. The molecule has 0 saturated heterocycles. The van der Waals surface area contributed by atoms with Gasteiger partial charge in [0.1, 0.15) is 17.1 Å². The van der Waals surface area contributed by atoms with Crippen LogP contribution >= 0.6 is 0 Å². The molecule has 0 spiro atoms. The Kier molecular flexibility index (Phi) is 3.76. The monoisotopic (exact) mass is 273 g/mol. The zero-order valence-electron chi connectivity index (χ0n) is 11.5. The molecule has 4 nitrogen and oxygen atoms in total. The second-order valence-corrected chi connectivity index (χ2v) is 5.17. The van der Waals surface area contributed by atoms with Crippen molar-refractivity contribution >= 4 is 11.0 Å². The molecule has 106 valence electrons. The van der Waals surface area contributed by atoms with Crippen molar-refractivity contribution in [1.82, 2.24) is 5.32 Å². The molecule has 2 N–H and O–H groups in total. The van der Waals surface area contributed by atoms with Gasteiger partial charge in [-0.25, -0.2) is 0 Å². The maximum Gasteiger partial charge on any atom is 0.134 e. The van der Waals surface area contributed by atoms with E-state index in [9.17, 15) is 0 Å². The molecular weight excluding hydrogens is 254 g/mol. The van der Waals surface area contributed by atoms with Crippen LogP contribution in [0, 0.1) is 5.92 Å². The molecule has 2 atom stereocenters. The fourth-order valence-corrected chi connectivity index (χ4v) is 2.58. The molecule has 1 aliphatic rings. The van der Waals surface area contributed by atoms with E-state index < -0.39 is 0 Å². The van der Waals surface area contributed by atoms with Gasteiger partial charge in [-0.2, -0.15) is 0 Å². The number of hydrogen-bond donors (Lipinski definition) is 2. The van der Waals surface area contributed by atoms with Gasteiger partial charge in [-0.15, -0.1) is 0 Å². The largest absolute Gasteiger partial charge is 0.497 e. The van der Waals surface area contributed by atoms with Crippen LogP contribution in [0.2, 0.25) is 0 Å². The summed E-state index contributed by atoms with van der Waals surface area (Å²) in [7, 11) is 1.66. The lowest BCUT2D eigenvalue weighted by molar-refractivity contribution is 0.246. The normalized spacial score (nSPS) is 21.7. The van der Waals surface area contributed by atoms with E-state index in [0.29, 0.717) is 12.6 Å². The summed E-state index contributed by atoms with van der Waals surface area (Å²) in [6.45, 7) is 0.906. The summed E-state index contributed by atoms with van der Waals surface area (Å²) in [5.41, 5.74) is 0.873. The molecule has 0 fully saturated rings. The van der Waals surface area contributed by atoms with Gasteiger partial charge in [-0.1, -0.05) is 12.2 Å². The van der Waals surface area contributed by atoms with Crippen molar-refractivity contribution in [2.45, 2.75) is 19.0 Å². The van der Waals surface area contributed by atoms with Gasteiger partial charge in [-0.3, -0.25) is 0 Å². The van der Waals surface area contributed by atoms with Gasteiger partial charge in [0.2, 0.25) is 0 Å². The van der Waals surface area contributed by atoms with Crippen LogP contribution in [0.5, 0.6) is 5.75 Å². The molecule has 1 aromatic heterocycles. The molecule has 2 aromatic rings. The molecule has 0 bridgehead atoms. The number of fused-ring (bicyclic) bond motifs is 1. The SMILES string of the molecule is COc1ccc2oc(CN[C@@H]3C=C[C@H](CO)C3)cc2c1. The number of hydrogen-bond acceptors (Lipinski definition) is 4. The third-order valence-electron chi connectivity index (χ3n) is 3.72. The van der Waals surface area contributed by atoms with Crippen molar-refractivity contribution in [3.8, 4) is 5.75 Å². The van der Waals surface area contributed by atoms with E-state index >= 15 is 0 Å². The van der Waals surface area contributed by atoms with E-state index in [4.69, 9.17) is 14.3 Å². The average molecular weight is 273 g/mol. The van der Waals surface area contributed by atoms with Gasteiger partial charge in [0.05, 0.1) is 13.7 Å². The van der Waals surface area contributed by atoms with Crippen LogP contribution < -0.4 is 10.1 Å². The smallest absolute Gasteiger partial charge is 0.134 e. The highest BCUT2D eigenvalue weighted by atomic mass is 16.5. The Bertz CT molecular complexity index is 617. The van der Waals surface area contributed by atoms with Gasteiger partial charge in [-0.05, 0) is 30.7 Å².